The van der Waals surface area contributed by atoms with Gasteiger partial charge in [0.05, 0.1) is 0 Å². The minimum absolute atomic E-state index is 0.146. The third kappa shape index (κ3) is 1.88. The van der Waals surface area contributed by atoms with E-state index in [1.54, 1.807) is 6.92 Å². The van der Waals surface area contributed by atoms with Gasteiger partial charge >= 0.3 is 0 Å². The molecule has 4 aliphatic rings. The molecule has 4 aliphatic carbocycles. The average molecular weight is 236 g/mol. The summed E-state index contributed by atoms with van der Waals surface area (Å²) in [5, 5.41) is 6.69. The minimum Gasteiger partial charge on any atom is -0.351 e. The lowest BCUT2D eigenvalue weighted by Crippen LogP contribution is -2.64. The second kappa shape index (κ2) is 3.71. The van der Waals surface area contributed by atoms with E-state index >= 15 is 0 Å². The minimum atomic E-state index is 0.146. The largest absolute Gasteiger partial charge is 0.351 e. The topological polar surface area (TPSA) is 41.1 Å². The zero-order valence-corrected chi connectivity index (χ0v) is 11.0. The molecule has 2 atom stereocenters. The SMILES string of the molecule is CNCC12CC3CC(C1)CC(NC(C)=O)(C3)C2. The Hall–Kier alpha value is -0.570. The van der Waals surface area contributed by atoms with Crippen LogP contribution in [-0.4, -0.2) is 25.0 Å². The summed E-state index contributed by atoms with van der Waals surface area (Å²) in [6, 6.07) is 0. The molecule has 0 aromatic heterocycles. The first-order valence-corrected chi connectivity index (χ1v) is 6.98. The first kappa shape index (κ1) is 11.5. The number of hydrogen-bond donors (Lipinski definition) is 2. The molecule has 4 rings (SSSR count). The van der Waals surface area contributed by atoms with Gasteiger partial charge in [0.15, 0.2) is 0 Å². The van der Waals surface area contributed by atoms with Gasteiger partial charge in [0.1, 0.15) is 0 Å². The van der Waals surface area contributed by atoms with Crippen LogP contribution in [-0.2, 0) is 4.79 Å². The maximum atomic E-state index is 11.5. The standard InChI is InChI=1S/C14H24N2O/c1-10(17)16-14-6-11-3-12(7-14)5-13(4-11,8-14)9-15-2/h11-12,15H,3-9H2,1-2H3,(H,16,17). The van der Waals surface area contributed by atoms with Crippen molar-refractivity contribution in [3.63, 3.8) is 0 Å². The number of hydrogen-bond acceptors (Lipinski definition) is 2. The van der Waals surface area contributed by atoms with Gasteiger partial charge in [0.2, 0.25) is 5.91 Å². The van der Waals surface area contributed by atoms with Crippen molar-refractivity contribution >= 4 is 5.91 Å². The Balaban J connectivity index is 1.86. The Morgan fingerprint density at radius 2 is 1.88 bits per heavy atom. The summed E-state index contributed by atoms with van der Waals surface area (Å²) in [4.78, 5) is 11.5. The van der Waals surface area contributed by atoms with Gasteiger partial charge in [0.25, 0.3) is 0 Å². The summed E-state index contributed by atoms with van der Waals surface area (Å²) in [7, 11) is 2.06. The van der Waals surface area contributed by atoms with Crippen LogP contribution in [0.3, 0.4) is 0 Å². The molecule has 4 bridgehead atoms. The van der Waals surface area contributed by atoms with Crippen LogP contribution in [0.25, 0.3) is 0 Å². The van der Waals surface area contributed by atoms with Crippen molar-refractivity contribution in [1.82, 2.24) is 10.6 Å². The summed E-state index contributed by atoms with van der Waals surface area (Å²) in [5.41, 5.74) is 0.619. The number of amides is 1. The molecule has 0 heterocycles. The fourth-order valence-corrected chi connectivity index (χ4v) is 5.55. The van der Waals surface area contributed by atoms with E-state index in [1.807, 2.05) is 0 Å². The highest BCUT2D eigenvalue weighted by Crippen LogP contribution is 2.61. The highest BCUT2D eigenvalue weighted by Gasteiger charge is 2.57. The van der Waals surface area contributed by atoms with E-state index in [1.165, 1.54) is 38.5 Å². The molecule has 4 fully saturated rings. The fraction of sp³-hybridized carbons (Fsp3) is 0.929. The number of rotatable bonds is 3. The monoisotopic (exact) mass is 236 g/mol. The van der Waals surface area contributed by atoms with Crippen molar-refractivity contribution in [2.24, 2.45) is 17.3 Å². The van der Waals surface area contributed by atoms with E-state index in [-0.39, 0.29) is 11.4 Å². The summed E-state index contributed by atoms with van der Waals surface area (Å²) >= 11 is 0. The van der Waals surface area contributed by atoms with Crippen molar-refractivity contribution in [2.75, 3.05) is 13.6 Å². The molecule has 2 N–H and O–H groups in total. The number of nitrogens with one attached hydrogen (secondary N) is 2. The normalized spacial score (nSPS) is 47.2. The van der Waals surface area contributed by atoms with Crippen LogP contribution in [0.4, 0.5) is 0 Å². The molecule has 2 unspecified atom stereocenters. The van der Waals surface area contributed by atoms with Gasteiger partial charge in [-0.1, -0.05) is 0 Å². The second-order valence-corrected chi connectivity index (χ2v) is 6.95. The molecule has 1 amide bonds. The second-order valence-electron chi connectivity index (χ2n) is 6.95. The summed E-state index contributed by atoms with van der Waals surface area (Å²) in [6.45, 7) is 2.80. The molecule has 3 nitrogen and oxygen atoms in total. The van der Waals surface area contributed by atoms with E-state index in [0.29, 0.717) is 5.41 Å². The Bertz CT molecular complexity index is 325. The Kier molecular flexibility index (Phi) is 2.51. The lowest BCUT2D eigenvalue weighted by molar-refractivity contribution is -0.128. The smallest absolute Gasteiger partial charge is 0.217 e. The van der Waals surface area contributed by atoms with Crippen LogP contribution in [0.15, 0.2) is 0 Å². The Morgan fingerprint density at radius 1 is 1.24 bits per heavy atom. The Labute approximate surface area is 104 Å². The maximum Gasteiger partial charge on any atom is 0.217 e. The van der Waals surface area contributed by atoms with E-state index in [9.17, 15) is 4.79 Å². The highest BCUT2D eigenvalue weighted by atomic mass is 16.1. The molecule has 0 aliphatic heterocycles. The molecular weight excluding hydrogens is 212 g/mol. The number of carbonyl (C=O) groups excluding carboxylic acids is 1. The molecule has 3 heteroatoms. The zero-order valence-electron chi connectivity index (χ0n) is 11.0. The van der Waals surface area contributed by atoms with Crippen LogP contribution < -0.4 is 10.6 Å². The van der Waals surface area contributed by atoms with Gasteiger partial charge in [0, 0.05) is 19.0 Å². The van der Waals surface area contributed by atoms with E-state index in [0.717, 1.165) is 18.4 Å². The van der Waals surface area contributed by atoms with Gasteiger partial charge in [-0.15, -0.1) is 0 Å². The molecule has 96 valence electrons. The van der Waals surface area contributed by atoms with Gasteiger partial charge in [-0.2, -0.15) is 0 Å². The van der Waals surface area contributed by atoms with Crippen molar-refractivity contribution in [1.29, 1.82) is 0 Å². The van der Waals surface area contributed by atoms with E-state index in [2.05, 4.69) is 17.7 Å². The van der Waals surface area contributed by atoms with Crippen molar-refractivity contribution in [2.45, 2.75) is 51.0 Å². The lowest BCUT2D eigenvalue weighted by Gasteiger charge is -2.62. The summed E-state index contributed by atoms with van der Waals surface area (Å²) in [6.07, 6.45) is 7.83. The molecular formula is C14H24N2O. The van der Waals surface area contributed by atoms with E-state index < -0.39 is 0 Å². The lowest BCUT2D eigenvalue weighted by atomic mass is 9.47. The van der Waals surface area contributed by atoms with Crippen LogP contribution in [0.1, 0.15) is 45.4 Å². The highest BCUT2D eigenvalue weighted by molar-refractivity contribution is 5.74. The first-order chi connectivity index (χ1) is 8.05. The average Bonchev–Trinajstić information content (AvgIpc) is 2.11. The van der Waals surface area contributed by atoms with Gasteiger partial charge in [-0.25, -0.2) is 0 Å². The zero-order chi connectivity index (χ0) is 12.1. The van der Waals surface area contributed by atoms with Crippen molar-refractivity contribution in [3.8, 4) is 0 Å². The molecule has 0 aromatic carbocycles. The van der Waals surface area contributed by atoms with Crippen molar-refractivity contribution in [3.05, 3.63) is 0 Å². The molecule has 0 spiro atoms. The van der Waals surface area contributed by atoms with E-state index in [4.69, 9.17) is 0 Å². The first-order valence-electron chi connectivity index (χ1n) is 6.98. The fourth-order valence-electron chi connectivity index (χ4n) is 5.55. The van der Waals surface area contributed by atoms with Gasteiger partial charge < -0.3 is 10.6 Å². The molecule has 17 heavy (non-hydrogen) atoms. The maximum absolute atomic E-state index is 11.5. The van der Waals surface area contributed by atoms with Crippen molar-refractivity contribution < 1.29 is 4.79 Å². The predicted molar refractivity (Wildman–Crippen MR) is 67.6 cm³/mol. The summed E-state index contributed by atoms with van der Waals surface area (Å²) in [5.74, 6) is 1.87. The van der Waals surface area contributed by atoms with Gasteiger partial charge in [-0.3, -0.25) is 4.79 Å². The van der Waals surface area contributed by atoms with Gasteiger partial charge in [-0.05, 0) is 62.8 Å². The summed E-state index contributed by atoms with van der Waals surface area (Å²) < 4.78 is 0. The molecule has 0 saturated heterocycles. The van der Waals surface area contributed by atoms with Crippen LogP contribution in [0.5, 0.6) is 0 Å². The van der Waals surface area contributed by atoms with Crippen LogP contribution >= 0.6 is 0 Å². The third-order valence-electron chi connectivity index (χ3n) is 5.18. The third-order valence-corrected chi connectivity index (χ3v) is 5.18. The molecule has 4 saturated carbocycles. The van der Waals surface area contributed by atoms with Crippen LogP contribution in [0.2, 0.25) is 0 Å². The predicted octanol–water partition coefficient (Wildman–Crippen LogP) is 1.68. The van der Waals surface area contributed by atoms with Crippen LogP contribution in [0, 0.1) is 17.3 Å². The molecule has 0 radical (unpaired) electrons. The molecule has 0 aromatic rings. The number of carbonyl (C=O) groups is 1. The Morgan fingerprint density at radius 3 is 2.41 bits per heavy atom. The quantitative estimate of drug-likeness (QED) is 0.783.